The van der Waals surface area contributed by atoms with Crippen LogP contribution in [-0.4, -0.2) is 58.4 Å². The highest BCUT2D eigenvalue weighted by Crippen LogP contribution is 2.39. The van der Waals surface area contributed by atoms with Crippen molar-refractivity contribution in [2.45, 2.75) is 38.1 Å². The molecule has 1 aliphatic rings. The Hall–Kier alpha value is -3.86. The minimum atomic E-state index is -0.859. The lowest BCUT2D eigenvalue weighted by Gasteiger charge is -2.33. The Morgan fingerprint density at radius 3 is 2.41 bits per heavy atom. The van der Waals surface area contributed by atoms with Gasteiger partial charge in [-0.2, -0.15) is 0 Å². The van der Waals surface area contributed by atoms with Crippen LogP contribution in [0.15, 0.2) is 35.1 Å². The fourth-order valence-corrected chi connectivity index (χ4v) is 5.82. The van der Waals surface area contributed by atoms with E-state index in [1.807, 2.05) is 7.05 Å². The van der Waals surface area contributed by atoms with E-state index in [1.54, 1.807) is 6.07 Å². The SMILES string of the molecule is CN(C)C(=O)c1nc2cc(N(C)C3CCCCC3)c3nc(N)sc3c2n(C(=O)c2ccc(F)cc2)c1=O. The van der Waals surface area contributed by atoms with Gasteiger partial charge < -0.3 is 15.5 Å². The zero-order valence-electron chi connectivity index (χ0n) is 20.8. The molecule has 2 aromatic carbocycles. The second-order valence-corrected chi connectivity index (χ2v) is 10.5. The van der Waals surface area contributed by atoms with E-state index in [1.165, 1.54) is 37.5 Å². The van der Waals surface area contributed by atoms with Gasteiger partial charge in [0.15, 0.2) is 10.8 Å². The van der Waals surface area contributed by atoms with E-state index in [9.17, 15) is 18.8 Å². The molecule has 0 bridgehead atoms. The number of hydrogen-bond donors (Lipinski definition) is 1. The number of anilines is 2. The highest BCUT2D eigenvalue weighted by atomic mass is 32.1. The van der Waals surface area contributed by atoms with Crippen LogP contribution in [0.5, 0.6) is 0 Å². The molecule has 2 heterocycles. The fraction of sp³-hybridized carbons (Fsp3) is 0.346. The van der Waals surface area contributed by atoms with Gasteiger partial charge in [0.05, 0.1) is 21.4 Å². The van der Waals surface area contributed by atoms with Crippen LogP contribution in [0.4, 0.5) is 15.2 Å². The third-order valence-electron chi connectivity index (χ3n) is 6.88. The highest BCUT2D eigenvalue weighted by Gasteiger charge is 2.28. The van der Waals surface area contributed by atoms with Gasteiger partial charge in [-0.05, 0) is 43.2 Å². The number of thiazole rings is 1. The van der Waals surface area contributed by atoms with Crippen molar-refractivity contribution < 1.29 is 14.0 Å². The lowest BCUT2D eigenvalue weighted by molar-refractivity contribution is 0.0819. The summed E-state index contributed by atoms with van der Waals surface area (Å²) in [6.45, 7) is 0. The maximum atomic E-state index is 13.7. The zero-order chi connectivity index (χ0) is 26.4. The van der Waals surface area contributed by atoms with Crippen molar-refractivity contribution in [3.63, 3.8) is 0 Å². The van der Waals surface area contributed by atoms with Crippen molar-refractivity contribution in [3.8, 4) is 0 Å². The van der Waals surface area contributed by atoms with Crippen molar-refractivity contribution in [1.29, 1.82) is 0 Å². The van der Waals surface area contributed by atoms with Crippen LogP contribution < -0.4 is 16.2 Å². The normalized spacial score (nSPS) is 14.3. The minimum Gasteiger partial charge on any atom is -0.375 e. The molecule has 0 radical (unpaired) electrons. The summed E-state index contributed by atoms with van der Waals surface area (Å²) in [5, 5.41) is 0.280. The van der Waals surface area contributed by atoms with E-state index in [0.29, 0.717) is 21.8 Å². The molecule has 1 amide bonds. The third kappa shape index (κ3) is 4.33. The van der Waals surface area contributed by atoms with Gasteiger partial charge in [-0.15, -0.1) is 0 Å². The van der Waals surface area contributed by atoms with E-state index in [-0.39, 0.29) is 21.9 Å². The smallest absolute Gasteiger partial charge is 0.289 e. The van der Waals surface area contributed by atoms with Crippen LogP contribution in [0.3, 0.4) is 0 Å². The van der Waals surface area contributed by atoms with E-state index < -0.39 is 23.2 Å². The predicted molar refractivity (Wildman–Crippen MR) is 143 cm³/mol. The summed E-state index contributed by atoms with van der Waals surface area (Å²) in [6, 6.07) is 6.95. The number of nitrogens with two attached hydrogens (primary N) is 1. The number of carbonyl (C=O) groups is 2. The molecule has 0 unspecified atom stereocenters. The largest absolute Gasteiger partial charge is 0.375 e. The van der Waals surface area contributed by atoms with Gasteiger partial charge in [-0.1, -0.05) is 30.6 Å². The Bertz CT molecular complexity index is 1590. The summed E-state index contributed by atoms with van der Waals surface area (Å²) in [5.41, 5.74) is 6.85. The van der Waals surface area contributed by atoms with Crippen molar-refractivity contribution in [2.24, 2.45) is 0 Å². The Morgan fingerprint density at radius 1 is 1.08 bits per heavy atom. The number of benzene rings is 2. The molecule has 11 heteroatoms. The van der Waals surface area contributed by atoms with Crippen LogP contribution >= 0.6 is 11.3 Å². The lowest BCUT2D eigenvalue weighted by atomic mass is 9.94. The summed E-state index contributed by atoms with van der Waals surface area (Å²) in [5.74, 6) is -1.84. The van der Waals surface area contributed by atoms with Gasteiger partial charge in [0, 0.05) is 32.7 Å². The summed E-state index contributed by atoms with van der Waals surface area (Å²) >= 11 is 1.15. The van der Waals surface area contributed by atoms with Crippen molar-refractivity contribution in [2.75, 3.05) is 31.8 Å². The molecule has 1 saturated carbocycles. The van der Waals surface area contributed by atoms with Gasteiger partial charge in [0.2, 0.25) is 0 Å². The number of amides is 1. The van der Waals surface area contributed by atoms with Crippen molar-refractivity contribution >= 4 is 55.2 Å². The van der Waals surface area contributed by atoms with Gasteiger partial charge >= 0.3 is 0 Å². The zero-order valence-corrected chi connectivity index (χ0v) is 21.6. The molecule has 37 heavy (non-hydrogen) atoms. The van der Waals surface area contributed by atoms with Crippen LogP contribution in [0, 0.1) is 5.82 Å². The Labute approximate surface area is 216 Å². The number of carbonyl (C=O) groups excluding carboxylic acids is 2. The molecule has 0 saturated heterocycles. The first kappa shape index (κ1) is 24.8. The van der Waals surface area contributed by atoms with E-state index in [2.05, 4.69) is 14.9 Å². The van der Waals surface area contributed by atoms with Gasteiger partial charge in [0.1, 0.15) is 11.3 Å². The minimum absolute atomic E-state index is 0.0910. The van der Waals surface area contributed by atoms with Gasteiger partial charge in [-0.25, -0.2) is 18.9 Å². The van der Waals surface area contributed by atoms with Gasteiger partial charge in [-0.3, -0.25) is 14.4 Å². The number of nitrogens with zero attached hydrogens (tertiary/aromatic N) is 5. The Balaban J connectivity index is 1.84. The number of rotatable bonds is 4. The first-order chi connectivity index (χ1) is 17.7. The van der Waals surface area contributed by atoms with Crippen LogP contribution in [-0.2, 0) is 0 Å². The molecule has 192 valence electrons. The highest BCUT2D eigenvalue weighted by molar-refractivity contribution is 7.23. The number of nitrogen functional groups attached to an aromatic ring is 1. The van der Waals surface area contributed by atoms with E-state index >= 15 is 0 Å². The Kier molecular flexibility index (Phi) is 6.40. The Morgan fingerprint density at radius 2 is 1.76 bits per heavy atom. The first-order valence-corrected chi connectivity index (χ1v) is 12.9. The average molecular weight is 523 g/mol. The van der Waals surface area contributed by atoms with Crippen molar-refractivity contribution in [1.82, 2.24) is 19.4 Å². The van der Waals surface area contributed by atoms with Gasteiger partial charge in [0.25, 0.3) is 17.4 Å². The summed E-state index contributed by atoms with van der Waals surface area (Å²) in [6.07, 6.45) is 5.55. The molecule has 9 nitrogen and oxygen atoms in total. The quantitative estimate of drug-likeness (QED) is 0.432. The molecule has 1 fully saturated rings. The number of halogens is 1. The fourth-order valence-electron chi connectivity index (χ4n) is 4.93. The number of hydrogen-bond acceptors (Lipinski definition) is 8. The molecule has 2 aromatic heterocycles. The average Bonchev–Trinajstić information content (AvgIpc) is 3.29. The molecular formula is C26H27FN6O3S. The number of fused-ring (bicyclic) bond motifs is 3. The summed E-state index contributed by atoms with van der Waals surface area (Å²) < 4.78 is 15.0. The second kappa shape index (κ2) is 9.55. The molecule has 4 aromatic rings. The lowest BCUT2D eigenvalue weighted by Crippen LogP contribution is -2.37. The second-order valence-electron chi connectivity index (χ2n) is 9.51. The summed E-state index contributed by atoms with van der Waals surface area (Å²) in [4.78, 5) is 52.7. The van der Waals surface area contributed by atoms with Crippen LogP contribution in [0.2, 0.25) is 0 Å². The first-order valence-electron chi connectivity index (χ1n) is 12.1. The van der Waals surface area contributed by atoms with Crippen LogP contribution in [0.25, 0.3) is 21.3 Å². The molecule has 0 atom stereocenters. The molecule has 0 aliphatic heterocycles. The molecule has 1 aliphatic carbocycles. The van der Waals surface area contributed by atoms with Crippen LogP contribution in [0.1, 0.15) is 53.0 Å². The topological polar surface area (TPSA) is 114 Å². The third-order valence-corrected chi connectivity index (χ3v) is 7.78. The monoisotopic (exact) mass is 522 g/mol. The molecule has 0 spiro atoms. The molecule has 2 N–H and O–H groups in total. The predicted octanol–water partition coefficient (Wildman–Crippen LogP) is 3.89. The van der Waals surface area contributed by atoms with E-state index in [0.717, 1.165) is 59.4 Å². The molecular weight excluding hydrogens is 495 g/mol. The molecule has 5 rings (SSSR count). The maximum absolute atomic E-state index is 13.7. The maximum Gasteiger partial charge on any atom is 0.289 e. The standard InChI is InChI=1S/C26H27FN6O3S/c1-31(2)24(35)20-25(36)33(23(34)14-9-11-15(27)12-10-14)21-17(29-20)13-18(19-22(21)37-26(28)30-19)32(3)16-7-5-4-6-8-16/h9-13,16H,4-8H2,1-3H3,(H2,28,30). The van der Waals surface area contributed by atoms with E-state index in [4.69, 9.17) is 5.73 Å². The number of aromatic nitrogens is 3. The summed E-state index contributed by atoms with van der Waals surface area (Å²) in [7, 11) is 5.02. The van der Waals surface area contributed by atoms with Crippen molar-refractivity contribution in [3.05, 3.63) is 57.8 Å².